The van der Waals surface area contributed by atoms with Crippen LogP contribution in [0.5, 0.6) is 0 Å². The highest BCUT2D eigenvalue weighted by atomic mass is 16.5. The molecule has 7 heteroatoms. The van der Waals surface area contributed by atoms with Crippen molar-refractivity contribution in [1.29, 1.82) is 0 Å². The second-order valence-corrected chi connectivity index (χ2v) is 4.73. The first-order valence-electron chi connectivity index (χ1n) is 7.55. The highest BCUT2D eigenvalue weighted by Crippen LogP contribution is 2.05. The van der Waals surface area contributed by atoms with Gasteiger partial charge in [-0.05, 0) is 6.92 Å². The minimum atomic E-state index is -0.208. The fourth-order valence-corrected chi connectivity index (χ4v) is 2.13. The van der Waals surface area contributed by atoms with Gasteiger partial charge in [0.25, 0.3) is 0 Å². The lowest BCUT2D eigenvalue weighted by atomic mass is 10.2. The summed E-state index contributed by atoms with van der Waals surface area (Å²) < 4.78 is 20.8. The lowest BCUT2D eigenvalue weighted by Gasteiger charge is -2.34. The van der Waals surface area contributed by atoms with E-state index < -0.39 is 0 Å². The van der Waals surface area contributed by atoms with Crippen LogP contribution in [0, 0.1) is 0 Å². The maximum atomic E-state index is 11.9. The predicted octanol–water partition coefficient (Wildman–Crippen LogP) is -0.497. The topological polar surface area (TPSA) is 69.3 Å². The molecule has 1 rings (SSSR count). The largest absolute Gasteiger partial charge is 0.465 e. The molecule has 124 valence electrons. The molecule has 0 aliphatic carbocycles. The Balaban J connectivity index is 2.12. The van der Waals surface area contributed by atoms with Gasteiger partial charge in [-0.1, -0.05) is 0 Å². The van der Waals surface area contributed by atoms with Gasteiger partial charge >= 0.3 is 5.97 Å². The number of nitrogens with zero attached hydrogens (tertiary/aromatic N) is 1. The first-order valence-corrected chi connectivity index (χ1v) is 7.55. The summed E-state index contributed by atoms with van der Waals surface area (Å²) in [6.45, 7) is 8.21. The highest BCUT2D eigenvalue weighted by molar-refractivity contribution is 5.76. The van der Waals surface area contributed by atoms with E-state index in [2.05, 4.69) is 10.2 Å². The van der Waals surface area contributed by atoms with E-state index in [4.69, 9.17) is 18.9 Å². The standard InChI is InChI=1S/C14H28N2O5/c1-3-21-14(17)13-12-15-4-5-16(13)6-7-19-10-11-20-9-8-18-2/h13,15H,3-12H2,1-2H3. The van der Waals surface area contributed by atoms with E-state index in [0.717, 1.165) is 19.6 Å². The number of piperazine rings is 1. The molecule has 7 nitrogen and oxygen atoms in total. The number of methoxy groups -OCH3 is 1. The van der Waals surface area contributed by atoms with Gasteiger partial charge in [0.2, 0.25) is 0 Å². The lowest BCUT2D eigenvalue weighted by molar-refractivity contribution is -0.150. The summed E-state index contributed by atoms with van der Waals surface area (Å²) >= 11 is 0. The highest BCUT2D eigenvalue weighted by Gasteiger charge is 2.29. The minimum Gasteiger partial charge on any atom is -0.465 e. The van der Waals surface area contributed by atoms with Gasteiger partial charge in [-0.25, -0.2) is 0 Å². The first kappa shape index (κ1) is 18.3. The SMILES string of the molecule is CCOC(=O)C1CNCCN1CCOCCOCCOC. The molecule has 1 heterocycles. The van der Waals surface area contributed by atoms with E-state index in [1.54, 1.807) is 7.11 Å². The quantitative estimate of drug-likeness (QED) is 0.408. The van der Waals surface area contributed by atoms with Crippen molar-refractivity contribution in [3.8, 4) is 0 Å². The molecule has 0 radical (unpaired) electrons. The molecule has 21 heavy (non-hydrogen) atoms. The number of esters is 1. The second kappa shape index (κ2) is 11.9. The average Bonchev–Trinajstić information content (AvgIpc) is 2.50. The van der Waals surface area contributed by atoms with Crippen LogP contribution in [0.4, 0.5) is 0 Å². The summed E-state index contributed by atoms with van der Waals surface area (Å²) in [5, 5.41) is 3.22. The van der Waals surface area contributed by atoms with Crippen LogP contribution in [0.3, 0.4) is 0 Å². The summed E-state index contributed by atoms with van der Waals surface area (Å²) in [4.78, 5) is 14.0. The van der Waals surface area contributed by atoms with Crippen LogP contribution in [-0.2, 0) is 23.7 Å². The van der Waals surface area contributed by atoms with Crippen molar-refractivity contribution in [2.45, 2.75) is 13.0 Å². The molecule has 0 saturated carbocycles. The third-order valence-corrected chi connectivity index (χ3v) is 3.24. The van der Waals surface area contributed by atoms with Crippen LogP contribution >= 0.6 is 0 Å². The van der Waals surface area contributed by atoms with Gasteiger partial charge in [0.1, 0.15) is 6.04 Å². The van der Waals surface area contributed by atoms with E-state index in [9.17, 15) is 4.79 Å². The van der Waals surface area contributed by atoms with E-state index in [1.807, 2.05) is 6.92 Å². The molecular weight excluding hydrogens is 276 g/mol. The van der Waals surface area contributed by atoms with Crippen LogP contribution < -0.4 is 5.32 Å². The van der Waals surface area contributed by atoms with Crippen molar-refractivity contribution in [2.24, 2.45) is 0 Å². The van der Waals surface area contributed by atoms with Gasteiger partial charge in [0.05, 0.1) is 39.6 Å². The molecule has 1 N–H and O–H groups in total. The summed E-state index contributed by atoms with van der Waals surface area (Å²) in [6.07, 6.45) is 0. The summed E-state index contributed by atoms with van der Waals surface area (Å²) in [6, 6.07) is -0.208. The van der Waals surface area contributed by atoms with E-state index in [1.165, 1.54) is 0 Å². The van der Waals surface area contributed by atoms with Crippen molar-refractivity contribution < 1.29 is 23.7 Å². The first-order chi connectivity index (χ1) is 10.3. The van der Waals surface area contributed by atoms with E-state index in [0.29, 0.717) is 46.2 Å². The zero-order valence-electron chi connectivity index (χ0n) is 13.1. The van der Waals surface area contributed by atoms with Gasteiger partial charge in [-0.2, -0.15) is 0 Å². The number of ether oxygens (including phenoxy) is 4. The van der Waals surface area contributed by atoms with Gasteiger partial charge < -0.3 is 24.3 Å². The number of carbonyl (C=O) groups excluding carboxylic acids is 1. The van der Waals surface area contributed by atoms with Gasteiger partial charge in [0.15, 0.2) is 0 Å². The van der Waals surface area contributed by atoms with Crippen molar-refractivity contribution in [2.75, 3.05) is 72.9 Å². The maximum Gasteiger partial charge on any atom is 0.324 e. The summed E-state index contributed by atoms with van der Waals surface area (Å²) in [7, 11) is 1.65. The molecule has 1 aliphatic heterocycles. The number of carbonyl (C=O) groups is 1. The van der Waals surface area contributed by atoms with Crippen LogP contribution in [0.1, 0.15) is 6.92 Å². The Kier molecular flexibility index (Phi) is 10.4. The maximum absolute atomic E-state index is 11.9. The fraction of sp³-hybridized carbons (Fsp3) is 0.929. The van der Waals surface area contributed by atoms with Crippen molar-refractivity contribution in [1.82, 2.24) is 10.2 Å². The van der Waals surface area contributed by atoms with Crippen molar-refractivity contribution in [3.63, 3.8) is 0 Å². The van der Waals surface area contributed by atoms with Gasteiger partial charge in [-0.15, -0.1) is 0 Å². The average molecular weight is 304 g/mol. The number of rotatable bonds is 11. The molecule has 0 bridgehead atoms. The molecular formula is C14H28N2O5. The molecule has 1 atom stereocenters. The molecule has 0 aromatic heterocycles. The molecule has 0 spiro atoms. The zero-order valence-corrected chi connectivity index (χ0v) is 13.1. The normalized spacial score (nSPS) is 19.6. The predicted molar refractivity (Wildman–Crippen MR) is 78.4 cm³/mol. The molecule has 0 amide bonds. The van der Waals surface area contributed by atoms with E-state index in [-0.39, 0.29) is 12.0 Å². The fourth-order valence-electron chi connectivity index (χ4n) is 2.13. The Hall–Kier alpha value is -0.730. The van der Waals surface area contributed by atoms with Crippen molar-refractivity contribution in [3.05, 3.63) is 0 Å². The Labute approximate surface area is 126 Å². The van der Waals surface area contributed by atoms with E-state index >= 15 is 0 Å². The Bertz CT molecular complexity index is 278. The lowest BCUT2D eigenvalue weighted by Crippen LogP contribution is -2.56. The zero-order chi connectivity index (χ0) is 15.3. The Morgan fingerprint density at radius 3 is 2.62 bits per heavy atom. The van der Waals surface area contributed by atoms with Crippen LogP contribution in [-0.4, -0.2) is 89.8 Å². The van der Waals surface area contributed by atoms with Crippen LogP contribution in [0.15, 0.2) is 0 Å². The summed E-state index contributed by atoms with van der Waals surface area (Å²) in [5.74, 6) is -0.160. The molecule has 0 aromatic rings. The molecule has 1 unspecified atom stereocenters. The molecule has 1 fully saturated rings. The Morgan fingerprint density at radius 2 is 1.90 bits per heavy atom. The summed E-state index contributed by atoms with van der Waals surface area (Å²) in [5.41, 5.74) is 0. The Morgan fingerprint density at radius 1 is 1.19 bits per heavy atom. The van der Waals surface area contributed by atoms with Gasteiger partial charge in [-0.3, -0.25) is 9.69 Å². The molecule has 0 aromatic carbocycles. The number of hydrogen-bond donors (Lipinski definition) is 1. The third-order valence-electron chi connectivity index (χ3n) is 3.24. The second-order valence-electron chi connectivity index (χ2n) is 4.73. The van der Waals surface area contributed by atoms with Crippen LogP contribution in [0.2, 0.25) is 0 Å². The third kappa shape index (κ3) is 7.73. The molecule has 1 saturated heterocycles. The number of hydrogen-bond acceptors (Lipinski definition) is 7. The smallest absolute Gasteiger partial charge is 0.324 e. The monoisotopic (exact) mass is 304 g/mol. The van der Waals surface area contributed by atoms with Crippen LogP contribution in [0.25, 0.3) is 0 Å². The molecule has 1 aliphatic rings. The number of nitrogens with one attached hydrogen (secondary N) is 1. The van der Waals surface area contributed by atoms with Gasteiger partial charge in [0, 0.05) is 33.3 Å². The minimum absolute atomic E-state index is 0.160. The van der Waals surface area contributed by atoms with Crippen molar-refractivity contribution >= 4 is 5.97 Å².